The number of halogens is 2. The van der Waals surface area contributed by atoms with E-state index in [1.165, 1.54) is 11.6 Å². The quantitative estimate of drug-likeness (QED) is 0.821. The first kappa shape index (κ1) is 15.0. The summed E-state index contributed by atoms with van der Waals surface area (Å²) >= 11 is 5.74. The van der Waals surface area contributed by atoms with Gasteiger partial charge in [-0.1, -0.05) is 48.0 Å². The lowest BCUT2D eigenvalue weighted by atomic mass is 10.1. The fourth-order valence-corrected chi connectivity index (χ4v) is 2.24. The van der Waals surface area contributed by atoms with E-state index in [9.17, 15) is 4.39 Å². The van der Waals surface area contributed by atoms with Crippen LogP contribution in [0.15, 0.2) is 48.5 Å². The fourth-order valence-electron chi connectivity index (χ4n) is 2.08. The largest absolute Gasteiger partial charge is 0.310 e. The van der Waals surface area contributed by atoms with E-state index in [1.807, 2.05) is 6.07 Å². The van der Waals surface area contributed by atoms with Gasteiger partial charge in [-0.05, 0) is 37.5 Å². The van der Waals surface area contributed by atoms with Crippen LogP contribution in [0.3, 0.4) is 0 Å². The average molecular weight is 292 g/mol. The Bertz CT molecular complexity index is 542. The molecule has 0 spiro atoms. The molecular formula is C17H19ClFN. The van der Waals surface area contributed by atoms with E-state index >= 15 is 0 Å². The maximum absolute atomic E-state index is 13.6. The van der Waals surface area contributed by atoms with Crippen molar-refractivity contribution in [3.8, 4) is 0 Å². The van der Waals surface area contributed by atoms with Gasteiger partial charge in [-0.3, -0.25) is 0 Å². The maximum atomic E-state index is 13.6. The number of hydrogen-bond donors (Lipinski definition) is 1. The molecule has 1 unspecified atom stereocenters. The summed E-state index contributed by atoms with van der Waals surface area (Å²) in [5.74, 6) is -0.250. The maximum Gasteiger partial charge on any atom is 0.129 e. The van der Waals surface area contributed by atoms with Crippen LogP contribution in [0.5, 0.6) is 0 Å². The second kappa shape index (κ2) is 7.41. The molecule has 2 aromatic carbocycles. The number of rotatable bonds is 6. The van der Waals surface area contributed by atoms with E-state index in [2.05, 4.69) is 36.5 Å². The monoisotopic (exact) mass is 291 g/mol. The van der Waals surface area contributed by atoms with Crippen molar-refractivity contribution in [2.24, 2.45) is 0 Å². The first-order chi connectivity index (χ1) is 9.65. The average Bonchev–Trinajstić information content (AvgIpc) is 2.45. The van der Waals surface area contributed by atoms with E-state index in [4.69, 9.17) is 11.6 Å². The van der Waals surface area contributed by atoms with Crippen molar-refractivity contribution in [2.75, 3.05) is 0 Å². The molecule has 1 nitrogen and oxygen atoms in total. The normalized spacial score (nSPS) is 12.3. The molecule has 1 atom stereocenters. The van der Waals surface area contributed by atoms with E-state index in [0.29, 0.717) is 23.2 Å². The SMILES string of the molecule is CC(CCc1ccccc1)NCc1ccc(Cl)cc1F. The van der Waals surface area contributed by atoms with Gasteiger partial charge in [0.1, 0.15) is 5.82 Å². The van der Waals surface area contributed by atoms with Crippen LogP contribution in [-0.2, 0) is 13.0 Å². The van der Waals surface area contributed by atoms with Gasteiger partial charge in [0.2, 0.25) is 0 Å². The van der Waals surface area contributed by atoms with Gasteiger partial charge in [-0.2, -0.15) is 0 Å². The van der Waals surface area contributed by atoms with E-state index in [0.717, 1.165) is 12.8 Å². The van der Waals surface area contributed by atoms with Crippen molar-refractivity contribution in [2.45, 2.75) is 32.4 Å². The van der Waals surface area contributed by atoms with Crippen molar-refractivity contribution in [1.29, 1.82) is 0 Å². The van der Waals surface area contributed by atoms with Crippen molar-refractivity contribution >= 4 is 11.6 Å². The fraction of sp³-hybridized carbons (Fsp3) is 0.294. The Morgan fingerprint density at radius 3 is 2.60 bits per heavy atom. The van der Waals surface area contributed by atoms with E-state index in [-0.39, 0.29) is 5.82 Å². The highest BCUT2D eigenvalue weighted by molar-refractivity contribution is 6.30. The van der Waals surface area contributed by atoms with E-state index in [1.54, 1.807) is 12.1 Å². The van der Waals surface area contributed by atoms with Crippen LogP contribution in [0.1, 0.15) is 24.5 Å². The van der Waals surface area contributed by atoms with E-state index < -0.39 is 0 Å². The van der Waals surface area contributed by atoms with Crippen LogP contribution in [0.4, 0.5) is 4.39 Å². The van der Waals surface area contributed by atoms with Crippen LogP contribution < -0.4 is 5.32 Å². The highest BCUT2D eigenvalue weighted by atomic mass is 35.5. The Kier molecular flexibility index (Phi) is 5.57. The van der Waals surface area contributed by atoms with Crippen LogP contribution in [0.2, 0.25) is 5.02 Å². The van der Waals surface area contributed by atoms with Crippen LogP contribution in [0.25, 0.3) is 0 Å². The summed E-state index contributed by atoms with van der Waals surface area (Å²) in [5, 5.41) is 3.78. The second-order valence-corrected chi connectivity index (χ2v) is 5.48. The minimum Gasteiger partial charge on any atom is -0.310 e. The highest BCUT2D eigenvalue weighted by Gasteiger charge is 2.06. The number of benzene rings is 2. The molecule has 0 fully saturated rings. The Balaban J connectivity index is 1.79. The molecule has 0 bridgehead atoms. The van der Waals surface area contributed by atoms with Crippen LogP contribution in [-0.4, -0.2) is 6.04 Å². The summed E-state index contributed by atoms with van der Waals surface area (Å²) in [4.78, 5) is 0. The van der Waals surface area contributed by atoms with Crippen molar-refractivity contribution < 1.29 is 4.39 Å². The molecule has 1 N–H and O–H groups in total. The van der Waals surface area contributed by atoms with Crippen molar-refractivity contribution in [3.63, 3.8) is 0 Å². The molecule has 0 radical (unpaired) electrons. The number of hydrogen-bond acceptors (Lipinski definition) is 1. The minimum atomic E-state index is -0.250. The van der Waals surface area contributed by atoms with Crippen molar-refractivity contribution in [1.82, 2.24) is 5.32 Å². The topological polar surface area (TPSA) is 12.0 Å². The summed E-state index contributed by atoms with van der Waals surface area (Å²) in [6.07, 6.45) is 2.05. The zero-order valence-corrected chi connectivity index (χ0v) is 12.3. The van der Waals surface area contributed by atoms with Crippen LogP contribution in [0, 0.1) is 5.82 Å². The van der Waals surface area contributed by atoms with Gasteiger partial charge in [0.25, 0.3) is 0 Å². The molecule has 0 saturated heterocycles. The van der Waals surface area contributed by atoms with Gasteiger partial charge in [0, 0.05) is 23.2 Å². The lowest BCUT2D eigenvalue weighted by Crippen LogP contribution is -2.26. The Hall–Kier alpha value is -1.38. The highest BCUT2D eigenvalue weighted by Crippen LogP contribution is 2.14. The molecule has 0 aromatic heterocycles. The lowest BCUT2D eigenvalue weighted by molar-refractivity contribution is 0.501. The zero-order valence-electron chi connectivity index (χ0n) is 11.6. The molecule has 2 aromatic rings. The Morgan fingerprint density at radius 2 is 1.90 bits per heavy atom. The first-order valence-electron chi connectivity index (χ1n) is 6.86. The summed E-state index contributed by atoms with van der Waals surface area (Å²) in [6.45, 7) is 2.65. The number of aryl methyl sites for hydroxylation is 1. The predicted molar refractivity (Wildman–Crippen MR) is 82.5 cm³/mol. The smallest absolute Gasteiger partial charge is 0.129 e. The standard InChI is InChI=1S/C17H19ClFN/c1-13(7-8-14-5-3-2-4-6-14)20-12-15-9-10-16(18)11-17(15)19/h2-6,9-11,13,20H,7-8,12H2,1H3. The Labute approximate surface area is 124 Å². The summed E-state index contributed by atoms with van der Waals surface area (Å²) in [7, 11) is 0. The number of nitrogens with one attached hydrogen (secondary N) is 1. The molecule has 2 rings (SSSR count). The molecule has 0 heterocycles. The minimum absolute atomic E-state index is 0.250. The molecule has 0 saturated carbocycles. The summed E-state index contributed by atoms with van der Waals surface area (Å²) in [5.41, 5.74) is 1.99. The van der Waals surface area contributed by atoms with Gasteiger partial charge in [0.05, 0.1) is 0 Å². The summed E-state index contributed by atoms with van der Waals surface area (Å²) in [6, 6.07) is 15.5. The van der Waals surface area contributed by atoms with Gasteiger partial charge >= 0.3 is 0 Å². The van der Waals surface area contributed by atoms with Gasteiger partial charge in [0.15, 0.2) is 0 Å². The van der Waals surface area contributed by atoms with Gasteiger partial charge in [-0.15, -0.1) is 0 Å². The van der Waals surface area contributed by atoms with Gasteiger partial charge in [-0.25, -0.2) is 4.39 Å². The molecule has 0 aliphatic heterocycles. The zero-order chi connectivity index (χ0) is 14.4. The lowest BCUT2D eigenvalue weighted by Gasteiger charge is -2.14. The van der Waals surface area contributed by atoms with Crippen molar-refractivity contribution in [3.05, 3.63) is 70.5 Å². The van der Waals surface area contributed by atoms with Crippen LogP contribution >= 0.6 is 11.6 Å². The third-order valence-corrected chi connectivity index (χ3v) is 3.60. The third kappa shape index (κ3) is 4.62. The Morgan fingerprint density at radius 1 is 1.15 bits per heavy atom. The summed E-state index contributed by atoms with van der Waals surface area (Å²) < 4.78 is 13.6. The third-order valence-electron chi connectivity index (χ3n) is 3.36. The first-order valence-corrected chi connectivity index (χ1v) is 7.24. The molecule has 0 aliphatic rings. The molecular weight excluding hydrogens is 273 g/mol. The second-order valence-electron chi connectivity index (χ2n) is 5.04. The molecule has 106 valence electrons. The molecule has 20 heavy (non-hydrogen) atoms. The molecule has 0 amide bonds. The van der Waals surface area contributed by atoms with Gasteiger partial charge < -0.3 is 5.32 Å². The molecule has 3 heteroatoms. The predicted octanol–water partition coefficient (Wildman–Crippen LogP) is 4.59. The molecule has 0 aliphatic carbocycles.